The SMILES string of the molecule is O=C(N[C@@H](NC(=S)Nc1ccc([N+](=O)[O-])cc1)C(Cl)(Cl)Cl)c1cccc(Cl)c1. The fourth-order valence-corrected chi connectivity index (χ4v) is 2.76. The largest absolute Gasteiger partial charge is 0.339 e. The number of benzene rings is 2. The van der Waals surface area contributed by atoms with Gasteiger partial charge in [-0.3, -0.25) is 14.9 Å². The van der Waals surface area contributed by atoms with Crippen molar-refractivity contribution in [2.24, 2.45) is 0 Å². The smallest absolute Gasteiger partial charge is 0.269 e. The van der Waals surface area contributed by atoms with Gasteiger partial charge >= 0.3 is 0 Å². The molecule has 2 aromatic rings. The van der Waals surface area contributed by atoms with Crippen LogP contribution in [0.5, 0.6) is 0 Å². The number of hydrogen-bond donors (Lipinski definition) is 3. The van der Waals surface area contributed by atoms with E-state index in [0.29, 0.717) is 10.7 Å². The van der Waals surface area contributed by atoms with Crippen LogP contribution in [0.4, 0.5) is 11.4 Å². The number of amides is 1. The number of carbonyl (C=O) groups excluding carboxylic acids is 1. The number of non-ortho nitro benzene ring substituents is 1. The maximum atomic E-state index is 12.4. The van der Waals surface area contributed by atoms with Gasteiger partial charge in [0.1, 0.15) is 6.17 Å². The molecule has 148 valence electrons. The first-order chi connectivity index (χ1) is 13.1. The van der Waals surface area contributed by atoms with Gasteiger partial charge < -0.3 is 16.0 Å². The van der Waals surface area contributed by atoms with Gasteiger partial charge in [0.2, 0.25) is 3.79 Å². The van der Waals surface area contributed by atoms with Crippen LogP contribution < -0.4 is 16.0 Å². The van der Waals surface area contributed by atoms with Crippen LogP contribution >= 0.6 is 58.6 Å². The molecule has 7 nitrogen and oxygen atoms in total. The highest BCUT2D eigenvalue weighted by atomic mass is 35.6. The molecule has 1 atom stereocenters. The summed E-state index contributed by atoms with van der Waals surface area (Å²) in [5, 5.41) is 19.1. The number of nitro benzene ring substituents is 1. The second kappa shape index (κ2) is 9.58. The molecule has 28 heavy (non-hydrogen) atoms. The maximum absolute atomic E-state index is 12.4. The van der Waals surface area contributed by atoms with Crippen LogP contribution in [0.1, 0.15) is 10.4 Å². The topological polar surface area (TPSA) is 96.3 Å². The van der Waals surface area contributed by atoms with Crippen LogP contribution in [0.15, 0.2) is 48.5 Å². The molecule has 0 bridgehead atoms. The van der Waals surface area contributed by atoms with Crippen molar-refractivity contribution in [2.45, 2.75) is 9.96 Å². The minimum Gasteiger partial charge on any atom is -0.339 e. The lowest BCUT2D eigenvalue weighted by atomic mass is 10.2. The van der Waals surface area contributed by atoms with Gasteiger partial charge in [-0.25, -0.2) is 0 Å². The number of rotatable bonds is 5. The average Bonchev–Trinajstić information content (AvgIpc) is 2.60. The van der Waals surface area contributed by atoms with Gasteiger partial charge in [0.15, 0.2) is 5.11 Å². The first kappa shape index (κ1) is 22.4. The van der Waals surface area contributed by atoms with E-state index >= 15 is 0 Å². The second-order valence-electron chi connectivity index (χ2n) is 5.36. The zero-order chi connectivity index (χ0) is 20.9. The molecule has 0 spiro atoms. The molecular formula is C16H12Cl4N4O3S. The predicted octanol–water partition coefficient (Wildman–Crippen LogP) is 4.66. The average molecular weight is 482 g/mol. The summed E-state index contributed by atoms with van der Waals surface area (Å²) >= 11 is 28.8. The van der Waals surface area contributed by atoms with E-state index in [0.717, 1.165) is 0 Å². The molecule has 0 saturated carbocycles. The molecule has 0 fully saturated rings. The van der Waals surface area contributed by atoms with E-state index in [9.17, 15) is 14.9 Å². The summed E-state index contributed by atoms with van der Waals surface area (Å²) in [5.41, 5.74) is 0.660. The summed E-state index contributed by atoms with van der Waals surface area (Å²) in [6, 6.07) is 11.8. The van der Waals surface area contributed by atoms with Crippen LogP contribution in [0.2, 0.25) is 5.02 Å². The number of thiocarbonyl (C=S) groups is 1. The van der Waals surface area contributed by atoms with Gasteiger partial charge in [-0.2, -0.15) is 0 Å². The van der Waals surface area contributed by atoms with E-state index in [-0.39, 0.29) is 16.4 Å². The minimum atomic E-state index is -1.94. The fraction of sp³-hybridized carbons (Fsp3) is 0.125. The first-order valence-electron chi connectivity index (χ1n) is 7.51. The molecule has 0 saturated heterocycles. The predicted molar refractivity (Wildman–Crippen MR) is 115 cm³/mol. The van der Waals surface area contributed by atoms with Crippen LogP contribution in [0, 0.1) is 10.1 Å². The van der Waals surface area contributed by atoms with Gasteiger partial charge in [-0.1, -0.05) is 52.5 Å². The Morgan fingerprint density at radius 1 is 1.11 bits per heavy atom. The number of nitro groups is 1. The van der Waals surface area contributed by atoms with Crippen molar-refractivity contribution >= 4 is 81.0 Å². The quantitative estimate of drug-likeness (QED) is 0.189. The van der Waals surface area contributed by atoms with Gasteiger partial charge in [0.05, 0.1) is 4.92 Å². The number of anilines is 1. The van der Waals surface area contributed by atoms with Crippen molar-refractivity contribution < 1.29 is 9.72 Å². The Bertz CT molecular complexity index is 890. The first-order valence-corrected chi connectivity index (χ1v) is 9.43. The van der Waals surface area contributed by atoms with Crippen LogP contribution in [0.25, 0.3) is 0 Å². The Morgan fingerprint density at radius 2 is 1.75 bits per heavy atom. The van der Waals surface area contributed by atoms with Gasteiger partial charge in [-0.15, -0.1) is 0 Å². The number of halogens is 4. The van der Waals surface area contributed by atoms with Crippen LogP contribution in [-0.4, -0.2) is 25.9 Å². The van der Waals surface area contributed by atoms with E-state index in [1.807, 2.05) is 0 Å². The lowest BCUT2D eigenvalue weighted by Crippen LogP contribution is -2.56. The number of carbonyl (C=O) groups is 1. The van der Waals surface area contributed by atoms with Crippen molar-refractivity contribution in [1.29, 1.82) is 0 Å². The Kier molecular flexibility index (Phi) is 7.68. The number of hydrogen-bond acceptors (Lipinski definition) is 4. The maximum Gasteiger partial charge on any atom is 0.269 e. The Balaban J connectivity index is 2.06. The summed E-state index contributed by atoms with van der Waals surface area (Å²) in [5.74, 6) is -0.538. The molecule has 2 aromatic carbocycles. The van der Waals surface area contributed by atoms with Gasteiger partial charge in [0.25, 0.3) is 11.6 Å². The molecule has 12 heteroatoms. The highest BCUT2D eigenvalue weighted by Gasteiger charge is 2.35. The molecule has 0 radical (unpaired) electrons. The highest BCUT2D eigenvalue weighted by Crippen LogP contribution is 2.29. The van der Waals surface area contributed by atoms with Crippen LogP contribution in [0.3, 0.4) is 0 Å². The van der Waals surface area contributed by atoms with Crippen molar-refractivity contribution in [3.05, 3.63) is 69.2 Å². The van der Waals surface area contributed by atoms with E-state index < -0.39 is 20.8 Å². The fourth-order valence-electron chi connectivity index (χ4n) is 2.01. The van der Waals surface area contributed by atoms with Crippen molar-refractivity contribution in [2.75, 3.05) is 5.32 Å². The molecule has 0 unspecified atom stereocenters. The third kappa shape index (κ3) is 6.65. The lowest BCUT2D eigenvalue weighted by Gasteiger charge is -2.27. The number of nitrogens with one attached hydrogen (secondary N) is 3. The van der Waals surface area contributed by atoms with E-state index in [2.05, 4.69) is 16.0 Å². The number of alkyl halides is 3. The molecule has 0 aliphatic carbocycles. The Hall–Kier alpha value is -1.84. The Morgan fingerprint density at radius 3 is 2.29 bits per heavy atom. The molecular weight excluding hydrogens is 470 g/mol. The van der Waals surface area contributed by atoms with Crippen molar-refractivity contribution in [3.63, 3.8) is 0 Å². The molecule has 0 aliphatic rings. The van der Waals surface area contributed by atoms with Gasteiger partial charge in [0, 0.05) is 28.4 Å². The van der Waals surface area contributed by atoms with Crippen molar-refractivity contribution in [1.82, 2.24) is 10.6 Å². The zero-order valence-corrected chi connectivity index (χ0v) is 17.6. The Labute approximate surface area is 185 Å². The summed E-state index contributed by atoms with van der Waals surface area (Å²) in [6.07, 6.45) is -1.18. The monoisotopic (exact) mass is 480 g/mol. The zero-order valence-electron chi connectivity index (χ0n) is 13.8. The highest BCUT2D eigenvalue weighted by molar-refractivity contribution is 7.80. The minimum absolute atomic E-state index is 0.0246. The molecule has 1 amide bonds. The molecule has 0 heterocycles. The standard InChI is InChI=1S/C16H12Cl4N4O3S/c17-10-3-1-2-9(8-10)13(25)22-14(16(18,19)20)23-15(28)21-11-4-6-12(7-5-11)24(26)27/h1-8,14H,(H,22,25)(H2,21,23,28)/t14-/m0/s1. The van der Waals surface area contributed by atoms with Gasteiger partial charge in [-0.05, 0) is 42.5 Å². The molecule has 3 N–H and O–H groups in total. The summed E-state index contributed by atoms with van der Waals surface area (Å²) in [6.45, 7) is 0. The third-order valence-electron chi connectivity index (χ3n) is 3.30. The van der Waals surface area contributed by atoms with Crippen molar-refractivity contribution in [3.8, 4) is 0 Å². The second-order valence-corrected chi connectivity index (χ2v) is 8.57. The van der Waals surface area contributed by atoms with E-state index in [1.165, 1.54) is 30.3 Å². The normalized spacial score (nSPS) is 12.0. The summed E-state index contributed by atoms with van der Waals surface area (Å²) in [7, 11) is 0. The summed E-state index contributed by atoms with van der Waals surface area (Å²) in [4.78, 5) is 22.5. The lowest BCUT2D eigenvalue weighted by molar-refractivity contribution is -0.384. The van der Waals surface area contributed by atoms with Crippen LogP contribution in [-0.2, 0) is 0 Å². The molecule has 2 rings (SSSR count). The summed E-state index contributed by atoms with van der Waals surface area (Å²) < 4.78 is -1.94. The van der Waals surface area contributed by atoms with E-state index in [4.69, 9.17) is 58.6 Å². The van der Waals surface area contributed by atoms with E-state index in [1.54, 1.807) is 18.2 Å². The molecule has 0 aliphatic heterocycles. The third-order valence-corrected chi connectivity index (χ3v) is 4.41. The number of nitrogens with zero attached hydrogens (tertiary/aromatic N) is 1. The molecule has 0 aromatic heterocycles.